The molecule has 0 atom stereocenters. The third kappa shape index (κ3) is 4.12. The molecule has 0 N–H and O–H groups in total. The minimum Gasteiger partial charge on any atom is -0.381 e. The molecule has 4 rings (SSSR count). The molecule has 1 amide bonds. The Bertz CT molecular complexity index is 704. The maximum atomic E-state index is 12.3. The van der Waals surface area contributed by atoms with E-state index < -0.39 is 0 Å². The van der Waals surface area contributed by atoms with E-state index in [0.29, 0.717) is 17.5 Å². The van der Waals surface area contributed by atoms with E-state index in [9.17, 15) is 4.79 Å². The molecule has 0 unspecified atom stereocenters. The summed E-state index contributed by atoms with van der Waals surface area (Å²) in [6.07, 6.45) is 5.88. The predicted octanol–water partition coefficient (Wildman–Crippen LogP) is 2.91. The summed E-state index contributed by atoms with van der Waals surface area (Å²) in [5, 5.41) is 5.97. The Morgan fingerprint density at radius 2 is 2.04 bits per heavy atom. The summed E-state index contributed by atoms with van der Waals surface area (Å²) in [7, 11) is 0. The zero-order chi connectivity index (χ0) is 17.8. The Morgan fingerprint density at radius 1 is 1.23 bits per heavy atom. The molecule has 8 heteroatoms. The van der Waals surface area contributed by atoms with Gasteiger partial charge in [0.25, 0.3) is 5.91 Å². The molecule has 0 radical (unpaired) electrons. The van der Waals surface area contributed by atoms with E-state index in [1.165, 1.54) is 11.3 Å². The van der Waals surface area contributed by atoms with Gasteiger partial charge in [-0.05, 0) is 38.0 Å². The molecule has 2 aromatic heterocycles. The minimum atomic E-state index is 0.0592. The van der Waals surface area contributed by atoms with Gasteiger partial charge in [0.15, 0.2) is 5.82 Å². The highest BCUT2D eigenvalue weighted by Crippen LogP contribution is 2.27. The number of aryl methyl sites for hydroxylation is 1. The lowest BCUT2D eigenvalue weighted by atomic mass is 9.92. The Kier molecular flexibility index (Phi) is 5.59. The number of piperidine rings is 1. The summed E-state index contributed by atoms with van der Waals surface area (Å²) in [5.74, 6) is 2.60. The second-order valence-corrected chi connectivity index (χ2v) is 7.80. The average molecular weight is 376 g/mol. The van der Waals surface area contributed by atoms with Crippen LogP contribution in [0.5, 0.6) is 0 Å². The van der Waals surface area contributed by atoms with Gasteiger partial charge in [0.2, 0.25) is 5.89 Å². The van der Waals surface area contributed by atoms with E-state index in [1.807, 2.05) is 10.3 Å². The summed E-state index contributed by atoms with van der Waals surface area (Å²) >= 11 is 1.46. The highest BCUT2D eigenvalue weighted by atomic mass is 32.1. The van der Waals surface area contributed by atoms with Crippen LogP contribution in [-0.4, -0.2) is 52.2 Å². The molecule has 4 heterocycles. The van der Waals surface area contributed by atoms with Crippen molar-refractivity contribution in [1.82, 2.24) is 20.0 Å². The molecule has 0 bridgehead atoms. The smallest absolute Gasteiger partial charge is 0.273 e. The Balaban J connectivity index is 1.22. The predicted molar refractivity (Wildman–Crippen MR) is 96.2 cm³/mol. The van der Waals surface area contributed by atoms with Gasteiger partial charge in [0.05, 0.1) is 5.51 Å². The summed E-state index contributed by atoms with van der Waals surface area (Å²) in [5.41, 5.74) is 2.28. The van der Waals surface area contributed by atoms with Gasteiger partial charge >= 0.3 is 0 Å². The van der Waals surface area contributed by atoms with Crippen molar-refractivity contribution in [2.75, 3.05) is 26.3 Å². The zero-order valence-corrected chi connectivity index (χ0v) is 15.6. The topological polar surface area (TPSA) is 81.4 Å². The van der Waals surface area contributed by atoms with Gasteiger partial charge in [0.1, 0.15) is 5.69 Å². The molecule has 0 aliphatic carbocycles. The number of likely N-dealkylation sites (tertiary alicyclic amines) is 1. The van der Waals surface area contributed by atoms with Gasteiger partial charge in [-0.3, -0.25) is 4.79 Å². The molecule has 2 saturated heterocycles. The number of amides is 1. The van der Waals surface area contributed by atoms with Crippen molar-refractivity contribution in [3.63, 3.8) is 0 Å². The van der Waals surface area contributed by atoms with Gasteiger partial charge in [-0.2, -0.15) is 4.98 Å². The van der Waals surface area contributed by atoms with Crippen LogP contribution in [0.15, 0.2) is 15.4 Å². The number of hydrogen-bond donors (Lipinski definition) is 0. The Hall–Kier alpha value is -1.80. The van der Waals surface area contributed by atoms with Gasteiger partial charge in [-0.25, -0.2) is 4.98 Å². The van der Waals surface area contributed by atoms with E-state index in [2.05, 4.69) is 15.1 Å². The van der Waals surface area contributed by atoms with Crippen LogP contribution < -0.4 is 0 Å². The van der Waals surface area contributed by atoms with E-state index >= 15 is 0 Å². The van der Waals surface area contributed by atoms with Gasteiger partial charge < -0.3 is 14.2 Å². The number of carbonyl (C=O) groups excluding carboxylic acids is 1. The molecule has 2 fully saturated rings. The molecular formula is C18H24N4O3S. The number of carbonyl (C=O) groups is 1. The van der Waals surface area contributed by atoms with Crippen LogP contribution in [0.3, 0.4) is 0 Å². The van der Waals surface area contributed by atoms with Crippen molar-refractivity contribution in [2.45, 2.75) is 44.4 Å². The number of aromatic nitrogens is 3. The number of nitrogens with zero attached hydrogens (tertiary/aromatic N) is 4. The number of thiazole rings is 1. The molecular weight excluding hydrogens is 352 g/mol. The summed E-state index contributed by atoms with van der Waals surface area (Å²) < 4.78 is 10.8. The second kappa shape index (κ2) is 8.26. The van der Waals surface area contributed by atoms with E-state index in [0.717, 1.165) is 76.5 Å². The SMILES string of the molecule is O=C(c1cscn1)N1CCC(CCc2noc(C3CCOCC3)n2)CC1. The van der Waals surface area contributed by atoms with Crippen molar-refractivity contribution < 1.29 is 14.1 Å². The van der Waals surface area contributed by atoms with E-state index in [-0.39, 0.29) is 5.91 Å². The maximum absolute atomic E-state index is 12.3. The van der Waals surface area contributed by atoms with Crippen molar-refractivity contribution in [1.29, 1.82) is 0 Å². The van der Waals surface area contributed by atoms with Crippen LogP contribution in [0.25, 0.3) is 0 Å². The van der Waals surface area contributed by atoms with Crippen LogP contribution >= 0.6 is 11.3 Å². The zero-order valence-electron chi connectivity index (χ0n) is 14.8. The minimum absolute atomic E-state index is 0.0592. The largest absolute Gasteiger partial charge is 0.381 e. The molecule has 0 saturated carbocycles. The van der Waals surface area contributed by atoms with E-state index in [1.54, 1.807) is 5.51 Å². The van der Waals surface area contributed by atoms with Crippen molar-refractivity contribution >= 4 is 17.2 Å². The number of hydrogen-bond acceptors (Lipinski definition) is 7. The fourth-order valence-corrected chi connectivity index (χ4v) is 4.24. The first-order valence-corrected chi connectivity index (χ1v) is 10.3. The highest BCUT2D eigenvalue weighted by Gasteiger charge is 2.25. The summed E-state index contributed by atoms with van der Waals surface area (Å²) in [6, 6.07) is 0. The molecule has 0 spiro atoms. The number of rotatable bonds is 5. The lowest BCUT2D eigenvalue weighted by Crippen LogP contribution is -2.38. The third-order valence-electron chi connectivity index (χ3n) is 5.38. The van der Waals surface area contributed by atoms with Crippen LogP contribution in [-0.2, 0) is 11.2 Å². The van der Waals surface area contributed by atoms with E-state index in [4.69, 9.17) is 9.26 Å². The fraction of sp³-hybridized carbons (Fsp3) is 0.667. The molecule has 2 aliphatic heterocycles. The summed E-state index contributed by atoms with van der Waals surface area (Å²) in [6.45, 7) is 3.17. The average Bonchev–Trinajstić information content (AvgIpc) is 3.39. The molecule has 7 nitrogen and oxygen atoms in total. The van der Waals surface area contributed by atoms with Crippen LogP contribution in [0, 0.1) is 5.92 Å². The van der Waals surface area contributed by atoms with Crippen LogP contribution in [0.1, 0.15) is 60.2 Å². The van der Waals surface area contributed by atoms with Crippen molar-refractivity contribution in [3.8, 4) is 0 Å². The lowest BCUT2D eigenvalue weighted by molar-refractivity contribution is 0.0681. The van der Waals surface area contributed by atoms with Crippen molar-refractivity contribution in [3.05, 3.63) is 28.3 Å². The Labute approximate surface area is 156 Å². The van der Waals surface area contributed by atoms with Gasteiger partial charge in [0, 0.05) is 44.0 Å². The molecule has 26 heavy (non-hydrogen) atoms. The highest BCUT2D eigenvalue weighted by molar-refractivity contribution is 7.07. The van der Waals surface area contributed by atoms with Gasteiger partial charge in [-0.1, -0.05) is 5.16 Å². The van der Waals surface area contributed by atoms with Crippen LogP contribution in [0.4, 0.5) is 0 Å². The lowest BCUT2D eigenvalue weighted by Gasteiger charge is -2.31. The molecule has 2 aromatic rings. The second-order valence-electron chi connectivity index (χ2n) is 7.08. The molecule has 2 aliphatic rings. The first-order valence-electron chi connectivity index (χ1n) is 9.37. The third-order valence-corrected chi connectivity index (χ3v) is 5.97. The molecule has 140 valence electrons. The molecule has 0 aromatic carbocycles. The fourth-order valence-electron chi connectivity index (χ4n) is 3.72. The van der Waals surface area contributed by atoms with Crippen LogP contribution in [0.2, 0.25) is 0 Å². The monoisotopic (exact) mass is 376 g/mol. The summed E-state index contributed by atoms with van der Waals surface area (Å²) in [4.78, 5) is 23.0. The first kappa shape index (κ1) is 17.6. The standard InChI is InChI=1S/C18H24N4O3S/c23-18(15-11-26-12-19-15)22-7-3-13(4-8-22)1-2-16-20-17(25-21-16)14-5-9-24-10-6-14/h11-14H,1-10H2. The van der Waals surface area contributed by atoms with Gasteiger partial charge in [-0.15, -0.1) is 11.3 Å². The van der Waals surface area contributed by atoms with Crippen molar-refractivity contribution in [2.24, 2.45) is 5.92 Å². The number of ether oxygens (including phenoxy) is 1. The maximum Gasteiger partial charge on any atom is 0.273 e. The quantitative estimate of drug-likeness (QED) is 0.798. The Morgan fingerprint density at radius 3 is 2.77 bits per heavy atom. The first-order chi connectivity index (χ1) is 12.8. The normalized spacial score (nSPS) is 19.8.